The molecule has 1 rings (SSSR count). The van der Waals surface area contributed by atoms with Crippen molar-refractivity contribution >= 4 is 6.03 Å². The second-order valence-corrected chi connectivity index (χ2v) is 2.87. The second kappa shape index (κ2) is 4.27. The van der Waals surface area contributed by atoms with Crippen LogP contribution in [-0.2, 0) is 0 Å². The maximum absolute atomic E-state index is 11.1. The molecule has 2 amide bonds. The van der Waals surface area contributed by atoms with E-state index in [0.717, 1.165) is 6.42 Å². The molecule has 1 heterocycles. The molecule has 0 aromatic heterocycles. The number of carbonyl (C=O) groups excluding carboxylic acids is 1. The minimum absolute atomic E-state index is 0.159. The molecule has 0 aromatic carbocycles. The number of rotatable bonds is 3. The van der Waals surface area contributed by atoms with Crippen molar-refractivity contribution in [2.45, 2.75) is 12.5 Å². The van der Waals surface area contributed by atoms with Gasteiger partial charge in [0.1, 0.15) is 0 Å². The number of amides is 2. The van der Waals surface area contributed by atoms with Crippen molar-refractivity contribution in [1.82, 2.24) is 10.2 Å². The molecule has 5 heteroatoms. The van der Waals surface area contributed by atoms with E-state index in [4.69, 9.17) is 10.2 Å². The standard InChI is InChI=1S/C7H14N2O3/c10-5-6(11)4-9-3-1-2-8-7(9)12/h6,10-11H,1-5H2,(H,8,12). The lowest BCUT2D eigenvalue weighted by atomic mass is 10.3. The van der Waals surface area contributed by atoms with Gasteiger partial charge in [-0.1, -0.05) is 0 Å². The van der Waals surface area contributed by atoms with Crippen LogP contribution in [0.4, 0.5) is 4.79 Å². The highest BCUT2D eigenvalue weighted by Gasteiger charge is 2.19. The van der Waals surface area contributed by atoms with E-state index in [1.807, 2.05) is 0 Å². The minimum Gasteiger partial charge on any atom is -0.394 e. The van der Waals surface area contributed by atoms with Crippen LogP contribution in [0.2, 0.25) is 0 Å². The number of β-amino-alcohol motifs (C(OH)–C–C–N with tert-alkyl or cyclic N) is 1. The summed E-state index contributed by atoms with van der Waals surface area (Å²) in [5, 5.41) is 20.3. The lowest BCUT2D eigenvalue weighted by molar-refractivity contribution is 0.0647. The number of aliphatic hydroxyl groups excluding tert-OH is 2. The van der Waals surface area contributed by atoms with Crippen LogP contribution in [0.3, 0.4) is 0 Å². The van der Waals surface area contributed by atoms with E-state index in [1.54, 1.807) is 0 Å². The summed E-state index contributed by atoms with van der Waals surface area (Å²) in [5.74, 6) is 0. The summed E-state index contributed by atoms with van der Waals surface area (Å²) in [4.78, 5) is 12.6. The lowest BCUT2D eigenvalue weighted by Crippen LogP contribution is -2.49. The van der Waals surface area contributed by atoms with Gasteiger partial charge in [0, 0.05) is 13.1 Å². The summed E-state index contributed by atoms with van der Waals surface area (Å²) in [5.41, 5.74) is 0. The van der Waals surface area contributed by atoms with E-state index < -0.39 is 6.10 Å². The molecule has 1 unspecified atom stereocenters. The van der Waals surface area contributed by atoms with E-state index in [2.05, 4.69) is 5.32 Å². The molecule has 0 aromatic rings. The zero-order chi connectivity index (χ0) is 8.97. The van der Waals surface area contributed by atoms with Crippen LogP contribution < -0.4 is 5.32 Å². The molecule has 12 heavy (non-hydrogen) atoms. The average molecular weight is 174 g/mol. The topological polar surface area (TPSA) is 72.8 Å². The fourth-order valence-corrected chi connectivity index (χ4v) is 1.16. The molecule has 70 valence electrons. The number of nitrogens with one attached hydrogen (secondary N) is 1. The summed E-state index contributed by atoms with van der Waals surface area (Å²) < 4.78 is 0. The smallest absolute Gasteiger partial charge is 0.317 e. The Bertz CT molecular complexity index is 163. The highest BCUT2D eigenvalue weighted by atomic mass is 16.3. The first kappa shape index (κ1) is 9.28. The van der Waals surface area contributed by atoms with Crippen molar-refractivity contribution in [3.8, 4) is 0 Å². The van der Waals surface area contributed by atoms with Gasteiger partial charge in [0.25, 0.3) is 0 Å². The SMILES string of the molecule is O=C1NCCCN1CC(O)CO. The first-order valence-corrected chi connectivity index (χ1v) is 4.05. The predicted molar refractivity (Wildman–Crippen MR) is 42.7 cm³/mol. The van der Waals surface area contributed by atoms with E-state index in [0.29, 0.717) is 13.1 Å². The summed E-state index contributed by atoms with van der Waals surface area (Å²) >= 11 is 0. The van der Waals surface area contributed by atoms with Gasteiger partial charge in [-0.05, 0) is 6.42 Å². The van der Waals surface area contributed by atoms with E-state index in [9.17, 15) is 4.79 Å². The van der Waals surface area contributed by atoms with Crippen LogP contribution >= 0.6 is 0 Å². The molecule has 5 nitrogen and oxygen atoms in total. The van der Waals surface area contributed by atoms with E-state index in [-0.39, 0.29) is 19.2 Å². The second-order valence-electron chi connectivity index (χ2n) is 2.87. The first-order chi connectivity index (χ1) is 5.74. The highest BCUT2D eigenvalue weighted by Crippen LogP contribution is 1.99. The molecular weight excluding hydrogens is 160 g/mol. The van der Waals surface area contributed by atoms with Crippen molar-refractivity contribution in [3.63, 3.8) is 0 Å². The Kier molecular flexibility index (Phi) is 3.31. The van der Waals surface area contributed by atoms with Gasteiger partial charge in [-0.2, -0.15) is 0 Å². The molecule has 1 aliphatic rings. The number of hydrogen-bond acceptors (Lipinski definition) is 3. The quantitative estimate of drug-likeness (QED) is 0.501. The van der Waals surface area contributed by atoms with E-state index >= 15 is 0 Å². The molecule has 0 spiro atoms. The molecule has 1 fully saturated rings. The van der Waals surface area contributed by atoms with Gasteiger partial charge in [-0.15, -0.1) is 0 Å². The molecule has 3 N–H and O–H groups in total. The number of carbonyl (C=O) groups is 1. The monoisotopic (exact) mass is 174 g/mol. The highest BCUT2D eigenvalue weighted by molar-refractivity contribution is 5.74. The first-order valence-electron chi connectivity index (χ1n) is 4.05. The third kappa shape index (κ3) is 2.35. The van der Waals surface area contributed by atoms with Crippen LogP contribution in [0.5, 0.6) is 0 Å². The Labute approximate surface area is 71.0 Å². The fraction of sp³-hybridized carbons (Fsp3) is 0.857. The normalized spacial score (nSPS) is 20.5. The summed E-state index contributed by atoms with van der Waals surface area (Å²) in [6.45, 7) is 1.26. The predicted octanol–water partition coefficient (Wildman–Crippen LogP) is -1.25. The molecule has 1 atom stereocenters. The Morgan fingerprint density at radius 2 is 2.42 bits per heavy atom. The largest absolute Gasteiger partial charge is 0.394 e. The van der Waals surface area contributed by atoms with Crippen molar-refractivity contribution < 1.29 is 15.0 Å². The minimum atomic E-state index is -0.825. The maximum Gasteiger partial charge on any atom is 0.317 e. The maximum atomic E-state index is 11.1. The molecule has 0 aliphatic carbocycles. The van der Waals surface area contributed by atoms with Crippen molar-refractivity contribution in [3.05, 3.63) is 0 Å². The molecule has 1 aliphatic heterocycles. The summed E-state index contributed by atoms with van der Waals surface area (Å²) in [6.07, 6.45) is 0.0676. The van der Waals surface area contributed by atoms with Crippen molar-refractivity contribution in [1.29, 1.82) is 0 Å². The fourth-order valence-electron chi connectivity index (χ4n) is 1.16. The number of aliphatic hydroxyl groups is 2. The Hall–Kier alpha value is -0.810. The van der Waals surface area contributed by atoms with Gasteiger partial charge in [-0.3, -0.25) is 0 Å². The molecule has 0 bridgehead atoms. The van der Waals surface area contributed by atoms with E-state index in [1.165, 1.54) is 4.90 Å². The Morgan fingerprint density at radius 3 is 3.00 bits per heavy atom. The molecule has 1 saturated heterocycles. The van der Waals surface area contributed by atoms with Crippen LogP contribution in [0.25, 0.3) is 0 Å². The van der Waals surface area contributed by atoms with Gasteiger partial charge in [-0.25, -0.2) is 4.79 Å². The molecule has 0 radical (unpaired) electrons. The van der Waals surface area contributed by atoms with Gasteiger partial charge < -0.3 is 20.4 Å². The summed E-state index contributed by atoms with van der Waals surface area (Å²) in [6, 6.07) is -0.159. The summed E-state index contributed by atoms with van der Waals surface area (Å²) in [7, 11) is 0. The van der Waals surface area contributed by atoms with Gasteiger partial charge in [0.2, 0.25) is 0 Å². The Balaban J connectivity index is 2.34. The zero-order valence-corrected chi connectivity index (χ0v) is 6.86. The van der Waals surface area contributed by atoms with Crippen LogP contribution in [0.15, 0.2) is 0 Å². The van der Waals surface area contributed by atoms with Crippen LogP contribution in [0, 0.1) is 0 Å². The van der Waals surface area contributed by atoms with Gasteiger partial charge in [0.05, 0.1) is 19.3 Å². The third-order valence-electron chi connectivity index (χ3n) is 1.81. The third-order valence-corrected chi connectivity index (χ3v) is 1.81. The van der Waals surface area contributed by atoms with Crippen LogP contribution in [0.1, 0.15) is 6.42 Å². The molecular formula is C7H14N2O3. The van der Waals surface area contributed by atoms with Crippen molar-refractivity contribution in [2.24, 2.45) is 0 Å². The lowest BCUT2D eigenvalue weighted by Gasteiger charge is -2.28. The van der Waals surface area contributed by atoms with Crippen LogP contribution in [-0.4, -0.2) is 53.5 Å². The van der Waals surface area contributed by atoms with Gasteiger partial charge >= 0.3 is 6.03 Å². The molecule has 0 saturated carbocycles. The number of urea groups is 1. The van der Waals surface area contributed by atoms with Gasteiger partial charge in [0.15, 0.2) is 0 Å². The zero-order valence-electron chi connectivity index (χ0n) is 6.86. The number of hydrogen-bond donors (Lipinski definition) is 3. The Morgan fingerprint density at radius 1 is 1.67 bits per heavy atom. The van der Waals surface area contributed by atoms with Crippen molar-refractivity contribution in [2.75, 3.05) is 26.2 Å². The number of nitrogens with zero attached hydrogens (tertiary/aromatic N) is 1. The average Bonchev–Trinajstić information content (AvgIpc) is 2.09.